The number of hydrogen-bond donors (Lipinski definition) is 4. The lowest BCUT2D eigenvalue weighted by Gasteiger charge is -2.15. The van der Waals surface area contributed by atoms with Crippen LogP contribution in [0.3, 0.4) is 0 Å². The van der Waals surface area contributed by atoms with Gasteiger partial charge < -0.3 is 11.5 Å². The standard InChI is InChI=1S/C12H18N4S2.2BrH/c1-7(17-11(13)14)9-4-3-5-10(6-9)8(2)18-12(15)16;;/h3-8H,1-2H3,(H3,13,14)(H3,15,16);2*1H. The van der Waals surface area contributed by atoms with Crippen LogP contribution in [0, 0.1) is 10.8 Å². The van der Waals surface area contributed by atoms with E-state index in [-0.39, 0.29) is 54.8 Å². The van der Waals surface area contributed by atoms with Crippen molar-refractivity contribution in [2.45, 2.75) is 24.3 Å². The summed E-state index contributed by atoms with van der Waals surface area (Å²) in [6.07, 6.45) is 0. The van der Waals surface area contributed by atoms with Crippen LogP contribution in [0.15, 0.2) is 24.3 Å². The van der Waals surface area contributed by atoms with Gasteiger partial charge in [0.2, 0.25) is 0 Å². The van der Waals surface area contributed by atoms with Gasteiger partial charge in [-0.15, -0.1) is 34.0 Å². The zero-order valence-electron chi connectivity index (χ0n) is 11.3. The molecule has 0 saturated carbocycles. The van der Waals surface area contributed by atoms with Gasteiger partial charge in [-0.05, 0) is 25.0 Å². The highest BCUT2D eigenvalue weighted by molar-refractivity contribution is 8.93. The first-order valence-corrected chi connectivity index (χ1v) is 7.27. The Morgan fingerprint density at radius 1 is 0.950 bits per heavy atom. The summed E-state index contributed by atoms with van der Waals surface area (Å²) >= 11 is 2.66. The average Bonchev–Trinajstić information content (AvgIpc) is 2.27. The summed E-state index contributed by atoms with van der Waals surface area (Å²) in [6.45, 7) is 4.04. The van der Waals surface area contributed by atoms with E-state index in [1.807, 2.05) is 32.0 Å². The molecule has 0 heterocycles. The number of nitrogens with two attached hydrogens (primary N) is 2. The Hall–Kier alpha value is -0.180. The molecule has 0 aliphatic heterocycles. The summed E-state index contributed by atoms with van der Waals surface area (Å²) in [7, 11) is 0. The third kappa shape index (κ3) is 7.56. The predicted molar refractivity (Wildman–Crippen MR) is 103 cm³/mol. The van der Waals surface area contributed by atoms with Crippen molar-refractivity contribution >= 4 is 67.8 Å². The van der Waals surface area contributed by atoms with Crippen LogP contribution in [0.4, 0.5) is 0 Å². The molecule has 0 saturated heterocycles. The largest absolute Gasteiger partial charge is 0.379 e. The maximum absolute atomic E-state index is 7.30. The molecule has 20 heavy (non-hydrogen) atoms. The first-order valence-electron chi connectivity index (χ1n) is 5.51. The molecule has 0 amide bonds. The fourth-order valence-electron chi connectivity index (χ4n) is 1.58. The van der Waals surface area contributed by atoms with Crippen LogP contribution in [0.5, 0.6) is 0 Å². The molecule has 0 aliphatic rings. The summed E-state index contributed by atoms with van der Waals surface area (Å²) in [5.41, 5.74) is 13.0. The first-order chi connectivity index (χ1) is 8.40. The topological polar surface area (TPSA) is 99.7 Å². The Morgan fingerprint density at radius 2 is 1.30 bits per heavy atom. The second-order valence-electron chi connectivity index (χ2n) is 3.92. The van der Waals surface area contributed by atoms with E-state index in [1.165, 1.54) is 23.5 Å². The van der Waals surface area contributed by atoms with Crippen molar-refractivity contribution in [2.24, 2.45) is 11.5 Å². The van der Waals surface area contributed by atoms with Crippen molar-refractivity contribution in [2.75, 3.05) is 0 Å². The van der Waals surface area contributed by atoms with Crippen molar-refractivity contribution < 1.29 is 0 Å². The van der Waals surface area contributed by atoms with Crippen LogP contribution in [-0.4, -0.2) is 10.3 Å². The van der Waals surface area contributed by atoms with Crippen molar-refractivity contribution in [1.82, 2.24) is 0 Å². The van der Waals surface area contributed by atoms with Gasteiger partial charge in [0, 0.05) is 10.5 Å². The lowest BCUT2D eigenvalue weighted by Crippen LogP contribution is -2.07. The van der Waals surface area contributed by atoms with Gasteiger partial charge in [0.25, 0.3) is 0 Å². The quantitative estimate of drug-likeness (QED) is 0.413. The molecule has 1 rings (SSSR count). The molecule has 1 aromatic rings. The minimum Gasteiger partial charge on any atom is -0.379 e. The molecular formula is C12H20Br2N4S2. The molecule has 0 radical (unpaired) electrons. The van der Waals surface area contributed by atoms with Crippen LogP contribution in [-0.2, 0) is 0 Å². The van der Waals surface area contributed by atoms with Gasteiger partial charge in [0.15, 0.2) is 10.3 Å². The van der Waals surface area contributed by atoms with Gasteiger partial charge in [-0.2, -0.15) is 0 Å². The summed E-state index contributed by atoms with van der Waals surface area (Å²) in [5, 5.41) is 15.1. The van der Waals surface area contributed by atoms with E-state index in [0.29, 0.717) is 0 Å². The number of hydrogen-bond acceptors (Lipinski definition) is 4. The summed E-state index contributed by atoms with van der Waals surface area (Å²) < 4.78 is 0. The predicted octanol–water partition coefficient (Wildman–Crippen LogP) is 4.22. The molecule has 0 spiro atoms. The minimum absolute atomic E-state index is 0. The minimum atomic E-state index is 0. The normalized spacial score (nSPS) is 12.5. The number of halogens is 2. The Kier molecular flexibility index (Phi) is 11.6. The third-order valence-corrected chi connectivity index (χ3v) is 4.22. The van der Waals surface area contributed by atoms with Gasteiger partial charge in [0.1, 0.15) is 0 Å². The number of amidine groups is 2. The molecule has 0 bridgehead atoms. The molecule has 0 fully saturated rings. The van der Waals surface area contributed by atoms with Gasteiger partial charge >= 0.3 is 0 Å². The zero-order chi connectivity index (χ0) is 13.7. The van der Waals surface area contributed by atoms with Crippen molar-refractivity contribution in [3.8, 4) is 0 Å². The number of nitrogens with one attached hydrogen (secondary N) is 2. The molecule has 0 aliphatic carbocycles. The Balaban J connectivity index is 0. The van der Waals surface area contributed by atoms with E-state index in [9.17, 15) is 0 Å². The Labute approximate surface area is 149 Å². The van der Waals surface area contributed by atoms with Crippen LogP contribution in [0.2, 0.25) is 0 Å². The lowest BCUT2D eigenvalue weighted by atomic mass is 10.1. The molecule has 6 N–H and O–H groups in total. The molecule has 2 unspecified atom stereocenters. The fraction of sp³-hybridized carbons (Fsp3) is 0.333. The van der Waals surface area contributed by atoms with Gasteiger partial charge in [-0.3, -0.25) is 10.8 Å². The van der Waals surface area contributed by atoms with E-state index in [4.69, 9.17) is 22.3 Å². The number of rotatable bonds is 4. The van der Waals surface area contributed by atoms with Crippen LogP contribution < -0.4 is 11.5 Å². The second kappa shape index (κ2) is 10.5. The average molecular weight is 444 g/mol. The third-order valence-electron chi connectivity index (χ3n) is 2.46. The molecule has 2 atom stereocenters. The molecular weight excluding hydrogens is 424 g/mol. The Bertz CT molecular complexity index is 420. The van der Waals surface area contributed by atoms with Crippen LogP contribution >= 0.6 is 57.5 Å². The summed E-state index contributed by atoms with van der Waals surface area (Å²) in [6, 6.07) is 8.12. The maximum atomic E-state index is 7.30. The van der Waals surface area contributed by atoms with Gasteiger partial charge in [0.05, 0.1) is 0 Å². The Morgan fingerprint density at radius 3 is 1.60 bits per heavy atom. The highest BCUT2D eigenvalue weighted by Gasteiger charge is 2.12. The fourth-order valence-corrected chi connectivity index (χ4v) is 2.91. The molecule has 8 heteroatoms. The van der Waals surface area contributed by atoms with Crippen molar-refractivity contribution in [3.63, 3.8) is 0 Å². The summed E-state index contributed by atoms with van der Waals surface area (Å²) in [4.78, 5) is 0. The van der Waals surface area contributed by atoms with E-state index >= 15 is 0 Å². The lowest BCUT2D eigenvalue weighted by molar-refractivity contribution is 1.06. The highest BCUT2D eigenvalue weighted by Crippen LogP contribution is 2.32. The van der Waals surface area contributed by atoms with E-state index < -0.39 is 0 Å². The monoisotopic (exact) mass is 442 g/mol. The summed E-state index contributed by atoms with van der Waals surface area (Å²) in [5.74, 6) is 0. The van der Waals surface area contributed by atoms with E-state index in [0.717, 1.165) is 11.1 Å². The van der Waals surface area contributed by atoms with Crippen LogP contribution in [0.25, 0.3) is 0 Å². The second-order valence-corrected chi connectivity index (χ2v) is 6.68. The molecule has 1 aromatic carbocycles. The van der Waals surface area contributed by atoms with Crippen molar-refractivity contribution in [3.05, 3.63) is 35.4 Å². The van der Waals surface area contributed by atoms with Crippen molar-refractivity contribution in [1.29, 1.82) is 10.8 Å². The molecule has 114 valence electrons. The van der Waals surface area contributed by atoms with E-state index in [1.54, 1.807) is 0 Å². The van der Waals surface area contributed by atoms with Gasteiger partial charge in [-0.1, -0.05) is 47.8 Å². The number of benzene rings is 1. The molecule has 4 nitrogen and oxygen atoms in total. The first kappa shape index (κ1) is 22.1. The molecule has 0 aromatic heterocycles. The van der Waals surface area contributed by atoms with Crippen LogP contribution in [0.1, 0.15) is 35.5 Å². The maximum Gasteiger partial charge on any atom is 0.151 e. The smallest absolute Gasteiger partial charge is 0.151 e. The number of thioether (sulfide) groups is 2. The highest BCUT2D eigenvalue weighted by atomic mass is 79.9. The van der Waals surface area contributed by atoms with Gasteiger partial charge in [-0.25, -0.2) is 0 Å². The zero-order valence-corrected chi connectivity index (χ0v) is 16.3. The SMILES string of the molecule is Br.Br.CC(SC(=N)N)c1cccc(C(C)SC(=N)N)c1. The van der Waals surface area contributed by atoms with E-state index in [2.05, 4.69) is 6.07 Å².